The first-order valence-corrected chi connectivity index (χ1v) is 10.1. The summed E-state index contributed by atoms with van der Waals surface area (Å²) >= 11 is 0. The van der Waals surface area contributed by atoms with Gasteiger partial charge in [0.15, 0.2) is 11.6 Å². The number of benzene rings is 1. The largest absolute Gasteiger partial charge is 0.480 e. The average Bonchev–Trinajstić information content (AvgIpc) is 2.73. The van der Waals surface area contributed by atoms with Crippen LogP contribution < -0.4 is 15.4 Å². The van der Waals surface area contributed by atoms with Crippen molar-refractivity contribution in [2.45, 2.75) is 6.42 Å². The van der Waals surface area contributed by atoms with Crippen LogP contribution in [0.2, 0.25) is 0 Å². The van der Waals surface area contributed by atoms with Gasteiger partial charge in [-0.05, 0) is 18.1 Å². The van der Waals surface area contributed by atoms with Gasteiger partial charge < -0.3 is 15.4 Å². The molecule has 0 spiro atoms. The van der Waals surface area contributed by atoms with E-state index in [2.05, 4.69) is 20.6 Å². The van der Waals surface area contributed by atoms with E-state index in [0.29, 0.717) is 4.31 Å². The molecule has 0 atom stereocenters. The Bertz CT molecular complexity index is 1050. The van der Waals surface area contributed by atoms with Gasteiger partial charge in [-0.2, -0.15) is 0 Å². The molecule has 1 heterocycles. The zero-order chi connectivity index (χ0) is 22.5. The van der Waals surface area contributed by atoms with Crippen LogP contribution in [0.1, 0.15) is 16.1 Å². The summed E-state index contributed by atoms with van der Waals surface area (Å²) in [6.45, 7) is 0. The molecule has 2 aromatic rings. The monoisotopic (exact) mass is 442 g/mol. The Balaban J connectivity index is 2.18. The SMILES string of the molecule is CNC(=N)N(C)S(=O)(=O)CCc1cc(NC(=O)c2cnc(OC)cn2)cc(F)c1F. The van der Waals surface area contributed by atoms with E-state index >= 15 is 0 Å². The molecular formula is C17H20F2N6O4S. The summed E-state index contributed by atoms with van der Waals surface area (Å²) in [5.41, 5.74) is -0.420. The number of ether oxygens (including phenoxy) is 1. The molecule has 1 aromatic carbocycles. The molecule has 0 fully saturated rings. The Morgan fingerprint density at radius 3 is 2.53 bits per heavy atom. The molecule has 0 unspecified atom stereocenters. The van der Waals surface area contributed by atoms with Gasteiger partial charge >= 0.3 is 0 Å². The lowest BCUT2D eigenvalue weighted by Crippen LogP contribution is -2.41. The highest BCUT2D eigenvalue weighted by molar-refractivity contribution is 7.89. The van der Waals surface area contributed by atoms with E-state index in [1.54, 1.807) is 0 Å². The van der Waals surface area contributed by atoms with E-state index in [0.717, 1.165) is 25.4 Å². The third kappa shape index (κ3) is 5.37. The van der Waals surface area contributed by atoms with Crippen LogP contribution in [0, 0.1) is 17.0 Å². The lowest BCUT2D eigenvalue weighted by Gasteiger charge is -2.19. The molecule has 0 aliphatic rings. The van der Waals surface area contributed by atoms with Crippen LogP contribution in [0.15, 0.2) is 24.5 Å². The van der Waals surface area contributed by atoms with E-state index in [4.69, 9.17) is 10.1 Å². The second kappa shape index (κ2) is 9.43. The minimum Gasteiger partial charge on any atom is -0.480 e. The van der Waals surface area contributed by atoms with Gasteiger partial charge in [0.05, 0.1) is 25.3 Å². The standard InChI is InChI=1S/C17H20F2N6O4S/c1-21-17(20)25(2)30(27,28)5-4-10-6-11(7-12(18)15(10)19)24-16(26)13-8-23-14(29-3)9-22-13/h6-9H,4-5H2,1-3H3,(H2,20,21)(H,24,26). The lowest BCUT2D eigenvalue weighted by molar-refractivity contribution is 0.102. The molecule has 0 aliphatic heterocycles. The molecule has 0 bridgehead atoms. The average molecular weight is 442 g/mol. The van der Waals surface area contributed by atoms with Crippen molar-refractivity contribution in [1.29, 1.82) is 5.41 Å². The van der Waals surface area contributed by atoms with Crippen molar-refractivity contribution in [3.8, 4) is 5.88 Å². The molecule has 0 radical (unpaired) electrons. The zero-order valence-corrected chi connectivity index (χ0v) is 17.2. The van der Waals surface area contributed by atoms with E-state index < -0.39 is 33.3 Å². The number of anilines is 1. The number of nitrogens with one attached hydrogen (secondary N) is 3. The summed E-state index contributed by atoms with van der Waals surface area (Å²) in [5, 5.41) is 12.2. The van der Waals surface area contributed by atoms with Crippen molar-refractivity contribution < 1.29 is 26.7 Å². The van der Waals surface area contributed by atoms with Gasteiger partial charge in [-0.25, -0.2) is 31.5 Å². The number of hydrogen-bond acceptors (Lipinski definition) is 7. The Morgan fingerprint density at radius 2 is 1.97 bits per heavy atom. The van der Waals surface area contributed by atoms with Crippen molar-refractivity contribution in [3.63, 3.8) is 0 Å². The van der Waals surface area contributed by atoms with Crippen LogP contribution in [0.4, 0.5) is 14.5 Å². The maximum atomic E-state index is 14.1. The van der Waals surface area contributed by atoms with Gasteiger partial charge in [0.1, 0.15) is 5.69 Å². The van der Waals surface area contributed by atoms with Gasteiger partial charge in [-0.15, -0.1) is 0 Å². The Labute approximate surface area is 171 Å². The molecule has 2 rings (SSSR count). The topological polar surface area (TPSA) is 137 Å². The van der Waals surface area contributed by atoms with Crippen LogP contribution in [0.25, 0.3) is 0 Å². The normalized spacial score (nSPS) is 11.0. The number of hydrogen-bond donors (Lipinski definition) is 3. The molecule has 162 valence electrons. The third-order valence-electron chi connectivity index (χ3n) is 4.03. The van der Waals surface area contributed by atoms with Gasteiger partial charge in [0, 0.05) is 25.8 Å². The second-order valence-corrected chi connectivity index (χ2v) is 8.08. The minimum absolute atomic E-state index is 0.0831. The lowest BCUT2D eigenvalue weighted by atomic mass is 10.1. The molecular weight excluding hydrogens is 422 g/mol. The Morgan fingerprint density at radius 1 is 1.27 bits per heavy atom. The number of carbonyl (C=O) groups is 1. The number of sulfonamides is 1. The zero-order valence-electron chi connectivity index (χ0n) is 16.4. The molecule has 0 saturated carbocycles. The number of halogens is 2. The maximum Gasteiger partial charge on any atom is 0.275 e. The molecule has 1 amide bonds. The van der Waals surface area contributed by atoms with Crippen LogP contribution in [-0.2, 0) is 16.4 Å². The first kappa shape index (κ1) is 22.9. The van der Waals surface area contributed by atoms with Crippen molar-refractivity contribution in [3.05, 3.63) is 47.4 Å². The first-order chi connectivity index (χ1) is 14.1. The third-order valence-corrected chi connectivity index (χ3v) is 5.77. The first-order valence-electron chi connectivity index (χ1n) is 8.47. The van der Waals surface area contributed by atoms with Gasteiger partial charge in [-0.3, -0.25) is 10.2 Å². The summed E-state index contributed by atoms with van der Waals surface area (Å²) in [6.07, 6.45) is 1.99. The Kier molecular flexibility index (Phi) is 7.21. The number of nitrogens with zero attached hydrogens (tertiary/aromatic N) is 3. The van der Waals surface area contributed by atoms with Crippen molar-refractivity contribution in [1.82, 2.24) is 19.6 Å². The van der Waals surface area contributed by atoms with Crippen LogP contribution >= 0.6 is 0 Å². The van der Waals surface area contributed by atoms with Gasteiger partial charge in [-0.1, -0.05) is 0 Å². The maximum absolute atomic E-state index is 14.1. The predicted molar refractivity (Wildman–Crippen MR) is 105 cm³/mol. The fourth-order valence-electron chi connectivity index (χ4n) is 2.31. The molecule has 0 saturated heterocycles. The van der Waals surface area contributed by atoms with Gasteiger partial charge in [0.2, 0.25) is 21.9 Å². The number of guanidine groups is 1. The highest BCUT2D eigenvalue weighted by Crippen LogP contribution is 2.21. The van der Waals surface area contributed by atoms with E-state index in [-0.39, 0.29) is 35.2 Å². The number of aromatic nitrogens is 2. The summed E-state index contributed by atoms with van der Waals surface area (Å²) < 4.78 is 58.1. The summed E-state index contributed by atoms with van der Waals surface area (Å²) in [7, 11) is -0.0221. The molecule has 13 heteroatoms. The Hall–Kier alpha value is -3.35. The predicted octanol–water partition coefficient (Wildman–Crippen LogP) is 0.974. The van der Waals surface area contributed by atoms with E-state index in [1.165, 1.54) is 20.4 Å². The highest BCUT2D eigenvalue weighted by atomic mass is 32.2. The van der Waals surface area contributed by atoms with Gasteiger partial charge in [0.25, 0.3) is 5.91 Å². The number of rotatable bonds is 7. The van der Waals surface area contributed by atoms with E-state index in [9.17, 15) is 22.0 Å². The summed E-state index contributed by atoms with van der Waals surface area (Å²) in [5.74, 6) is -3.96. The number of aryl methyl sites for hydroxylation is 1. The minimum atomic E-state index is -3.95. The highest BCUT2D eigenvalue weighted by Gasteiger charge is 2.22. The number of carbonyl (C=O) groups excluding carboxylic acids is 1. The molecule has 0 aliphatic carbocycles. The van der Waals surface area contributed by atoms with Crippen LogP contribution in [0.5, 0.6) is 5.88 Å². The summed E-state index contributed by atoms with van der Waals surface area (Å²) in [6, 6.07) is 1.90. The van der Waals surface area contributed by atoms with Crippen LogP contribution in [0.3, 0.4) is 0 Å². The van der Waals surface area contributed by atoms with Crippen LogP contribution in [-0.4, -0.2) is 61.5 Å². The number of amides is 1. The van der Waals surface area contributed by atoms with Crippen molar-refractivity contribution in [2.75, 3.05) is 32.3 Å². The fraction of sp³-hybridized carbons (Fsp3) is 0.294. The van der Waals surface area contributed by atoms with Crippen molar-refractivity contribution in [2.24, 2.45) is 0 Å². The quantitative estimate of drug-likeness (QED) is 0.429. The number of methoxy groups -OCH3 is 1. The van der Waals surface area contributed by atoms with Crippen molar-refractivity contribution >= 4 is 27.6 Å². The molecule has 30 heavy (non-hydrogen) atoms. The second-order valence-electron chi connectivity index (χ2n) is 5.96. The molecule has 10 nitrogen and oxygen atoms in total. The molecule has 3 N–H and O–H groups in total. The molecule has 1 aromatic heterocycles. The van der Waals surface area contributed by atoms with E-state index in [1.807, 2.05) is 0 Å². The fourth-order valence-corrected chi connectivity index (χ4v) is 3.43. The smallest absolute Gasteiger partial charge is 0.275 e. The summed E-state index contributed by atoms with van der Waals surface area (Å²) in [4.78, 5) is 19.9.